The molecule has 0 heterocycles. The number of rotatable bonds is 3. The van der Waals surface area contributed by atoms with E-state index >= 15 is 0 Å². The fraction of sp³-hybridized carbons (Fsp3) is 0. The van der Waals surface area contributed by atoms with Crippen LogP contribution in [0.2, 0.25) is 0 Å². The van der Waals surface area contributed by atoms with E-state index in [0.717, 1.165) is 24.3 Å². The third kappa shape index (κ3) is 2.93. The second kappa shape index (κ2) is 5.54. The summed E-state index contributed by atoms with van der Waals surface area (Å²) in [6.07, 6.45) is 0. The Morgan fingerprint density at radius 2 is 1.80 bits per heavy atom. The molecule has 0 atom stereocenters. The SMILES string of the molecule is NC(=O)c1cc(F)ccc1Oc1cc(Br)cc(F)c1F. The van der Waals surface area contributed by atoms with Gasteiger partial charge in [0.25, 0.3) is 5.91 Å². The zero-order valence-corrected chi connectivity index (χ0v) is 11.4. The van der Waals surface area contributed by atoms with Crippen molar-refractivity contribution in [3.63, 3.8) is 0 Å². The van der Waals surface area contributed by atoms with Crippen molar-refractivity contribution in [2.24, 2.45) is 5.73 Å². The van der Waals surface area contributed by atoms with Gasteiger partial charge >= 0.3 is 0 Å². The highest BCUT2D eigenvalue weighted by atomic mass is 79.9. The van der Waals surface area contributed by atoms with Crippen LogP contribution in [0, 0.1) is 17.5 Å². The van der Waals surface area contributed by atoms with Gasteiger partial charge in [0.05, 0.1) is 5.56 Å². The van der Waals surface area contributed by atoms with E-state index in [0.29, 0.717) is 0 Å². The number of nitrogens with two attached hydrogens (primary N) is 1. The number of benzene rings is 2. The normalized spacial score (nSPS) is 10.4. The lowest BCUT2D eigenvalue weighted by Crippen LogP contribution is -2.12. The van der Waals surface area contributed by atoms with Crippen molar-refractivity contribution in [3.8, 4) is 11.5 Å². The summed E-state index contributed by atoms with van der Waals surface area (Å²) in [6, 6.07) is 5.06. The van der Waals surface area contributed by atoms with Crippen LogP contribution in [-0.2, 0) is 0 Å². The largest absolute Gasteiger partial charge is 0.453 e. The fourth-order valence-corrected chi connectivity index (χ4v) is 1.92. The Morgan fingerprint density at radius 3 is 2.45 bits per heavy atom. The molecule has 0 unspecified atom stereocenters. The second-order valence-electron chi connectivity index (χ2n) is 3.81. The molecule has 1 amide bonds. The Bertz CT molecular complexity index is 692. The molecule has 0 aliphatic rings. The van der Waals surface area contributed by atoms with E-state index in [9.17, 15) is 18.0 Å². The van der Waals surface area contributed by atoms with Gasteiger partial charge in [-0.2, -0.15) is 4.39 Å². The molecule has 0 radical (unpaired) electrons. The summed E-state index contributed by atoms with van der Waals surface area (Å²) in [4.78, 5) is 11.2. The molecule has 0 saturated carbocycles. The molecule has 7 heteroatoms. The minimum atomic E-state index is -1.23. The van der Waals surface area contributed by atoms with E-state index in [-0.39, 0.29) is 15.8 Å². The summed E-state index contributed by atoms with van der Waals surface area (Å²) in [5, 5.41) is 0. The number of ether oxygens (including phenoxy) is 1. The predicted octanol–water partition coefficient (Wildman–Crippen LogP) is 3.76. The first-order valence-corrected chi connectivity index (χ1v) is 6.09. The van der Waals surface area contributed by atoms with E-state index in [1.54, 1.807) is 0 Å². The molecule has 0 spiro atoms. The van der Waals surface area contributed by atoms with Gasteiger partial charge in [-0.1, -0.05) is 15.9 Å². The van der Waals surface area contributed by atoms with Crippen LogP contribution in [0.4, 0.5) is 13.2 Å². The highest BCUT2D eigenvalue weighted by Gasteiger charge is 2.16. The second-order valence-corrected chi connectivity index (χ2v) is 4.72. The lowest BCUT2D eigenvalue weighted by Gasteiger charge is -2.10. The zero-order chi connectivity index (χ0) is 14.9. The first-order valence-electron chi connectivity index (χ1n) is 5.30. The quantitative estimate of drug-likeness (QED) is 0.861. The van der Waals surface area contributed by atoms with Gasteiger partial charge in [-0.3, -0.25) is 4.79 Å². The van der Waals surface area contributed by atoms with Crippen LogP contribution in [0.5, 0.6) is 11.5 Å². The molecule has 0 saturated heterocycles. The number of amides is 1. The lowest BCUT2D eigenvalue weighted by molar-refractivity contribution is 0.0997. The van der Waals surface area contributed by atoms with Gasteiger partial charge in [0.1, 0.15) is 11.6 Å². The molecule has 2 aromatic carbocycles. The Morgan fingerprint density at radius 1 is 1.10 bits per heavy atom. The van der Waals surface area contributed by atoms with Gasteiger partial charge in [0, 0.05) is 4.47 Å². The highest BCUT2D eigenvalue weighted by Crippen LogP contribution is 2.31. The zero-order valence-electron chi connectivity index (χ0n) is 9.79. The maximum atomic E-state index is 13.6. The van der Waals surface area contributed by atoms with Crippen molar-refractivity contribution in [2.75, 3.05) is 0 Å². The van der Waals surface area contributed by atoms with E-state index < -0.39 is 29.1 Å². The topological polar surface area (TPSA) is 52.3 Å². The smallest absolute Gasteiger partial charge is 0.252 e. The molecule has 2 aromatic rings. The van der Waals surface area contributed by atoms with Gasteiger partial charge in [0.15, 0.2) is 11.6 Å². The average Bonchev–Trinajstić information content (AvgIpc) is 2.37. The van der Waals surface area contributed by atoms with E-state index in [4.69, 9.17) is 10.5 Å². The first kappa shape index (κ1) is 14.4. The summed E-state index contributed by atoms with van der Waals surface area (Å²) in [5.74, 6) is -4.63. The van der Waals surface area contributed by atoms with Crippen LogP contribution < -0.4 is 10.5 Å². The minimum Gasteiger partial charge on any atom is -0.453 e. The monoisotopic (exact) mass is 345 g/mol. The van der Waals surface area contributed by atoms with Crippen molar-refractivity contribution < 1.29 is 22.7 Å². The van der Waals surface area contributed by atoms with Crippen LogP contribution in [0.1, 0.15) is 10.4 Å². The fourth-order valence-electron chi connectivity index (χ4n) is 1.51. The van der Waals surface area contributed by atoms with Gasteiger partial charge in [-0.25, -0.2) is 8.78 Å². The van der Waals surface area contributed by atoms with Crippen LogP contribution in [0.15, 0.2) is 34.8 Å². The third-order valence-electron chi connectivity index (χ3n) is 2.39. The Hall–Kier alpha value is -2.02. The molecule has 104 valence electrons. The van der Waals surface area contributed by atoms with Crippen molar-refractivity contribution in [1.82, 2.24) is 0 Å². The molecule has 0 bridgehead atoms. The van der Waals surface area contributed by atoms with Crippen molar-refractivity contribution in [1.29, 1.82) is 0 Å². The van der Waals surface area contributed by atoms with Gasteiger partial charge < -0.3 is 10.5 Å². The summed E-state index contributed by atoms with van der Waals surface area (Å²) >= 11 is 2.98. The number of carbonyl (C=O) groups excluding carboxylic acids is 1. The number of hydrogen-bond donors (Lipinski definition) is 1. The maximum Gasteiger partial charge on any atom is 0.252 e. The number of hydrogen-bond acceptors (Lipinski definition) is 2. The third-order valence-corrected chi connectivity index (χ3v) is 2.84. The van der Waals surface area contributed by atoms with Gasteiger partial charge in [0.2, 0.25) is 5.82 Å². The standard InChI is InChI=1S/C13H7BrF3NO2/c14-6-3-9(16)12(17)11(4-6)20-10-2-1-7(15)5-8(10)13(18)19/h1-5H,(H2,18,19). The number of carbonyl (C=O) groups is 1. The summed E-state index contributed by atoms with van der Waals surface area (Å²) in [5.41, 5.74) is 4.80. The molecule has 2 rings (SSSR count). The average molecular weight is 346 g/mol. The Balaban J connectivity index is 2.48. The van der Waals surface area contributed by atoms with E-state index in [2.05, 4.69) is 15.9 Å². The molecule has 3 nitrogen and oxygen atoms in total. The molecule has 2 N–H and O–H groups in total. The summed E-state index contributed by atoms with van der Waals surface area (Å²) in [6.45, 7) is 0. The molecule has 0 fully saturated rings. The molecular formula is C13H7BrF3NO2. The first-order chi connectivity index (χ1) is 9.38. The van der Waals surface area contributed by atoms with Crippen molar-refractivity contribution in [2.45, 2.75) is 0 Å². The lowest BCUT2D eigenvalue weighted by atomic mass is 10.2. The predicted molar refractivity (Wildman–Crippen MR) is 69.0 cm³/mol. The minimum absolute atomic E-state index is 0.171. The molecule has 0 aliphatic carbocycles. The van der Waals surface area contributed by atoms with Crippen LogP contribution in [-0.4, -0.2) is 5.91 Å². The molecule has 0 aliphatic heterocycles. The molecule has 0 aromatic heterocycles. The molecule has 20 heavy (non-hydrogen) atoms. The Kier molecular flexibility index (Phi) is 3.99. The summed E-state index contributed by atoms with van der Waals surface area (Å²) < 4.78 is 45.2. The molecular weight excluding hydrogens is 339 g/mol. The highest BCUT2D eigenvalue weighted by molar-refractivity contribution is 9.10. The van der Waals surface area contributed by atoms with Gasteiger partial charge in [-0.15, -0.1) is 0 Å². The summed E-state index contributed by atoms with van der Waals surface area (Å²) in [7, 11) is 0. The van der Waals surface area contributed by atoms with Crippen LogP contribution in [0.25, 0.3) is 0 Å². The van der Waals surface area contributed by atoms with Crippen molar-refractivity contribution in [3.05, 3.63) is 57.8 Å². The van der Waals surface area contributed by atoms with Crippen LogP contribution >= 0.6 is 15.9 Å². The number of primary amides is 1. The number of halogens is 4. The van der Waals surface area contributed by atoms with E-state index in [1.807, 2.05) is 0 Å². The van der Waals surface area contributed by atoms with Crippen molar-refractivity contribution >= 4 is 21.8 Å². The Labute approximate surface area is 120 Å². The van der Waals surface area contributed by atoms with Crippen LogP contribution in [0.3, 0.4) is 0 Å². The van der Waals surface area contributed by atoms with E-state index in [1.165, 1.54) is 6.07 Å². The van der Waals surface area contributed by atoms with Gasteiger partial charge in [-0.05, 0) is 30.3 Å². The maximum absolute atomic E-state index is 13.6.